The number of rotatable bonds is 25. The van der Waals surface area contributed by atoms with Crippen molar-refractivity contribution < 1.29 is 23.6 Å². The average Bonchev–Trinajstić information content (AvgIpc) is 3.37. The van der Waals surface area contributed by atoms with Crippen molar-refractivity contribution in [1.29, 1.82) is 0 Å². The molecule has 0 aliphatic rings. The Morgan fingerprint density at radius 2 is 1.48 bits per heavy atom. The molecule has 1 heterocycles. The lowest BCUT2D eigenvalue weighted by Gasteiger charge is -2.18. The first-order valence-corrected chi connectivity index (χ1v) is 16.1. The zero-order valence-electron chi connectivity index (χ0n) is 25.8. The zero-order valence-corrected chi connectivity index (χ0v) is 25.8. The van der Waals surface area contributed by atoms with E-state index >= 15 is 0 Å². The lowest BCUT2D eigenvalue weighted by Crippen LogP contribution is -2.28. The zero-order chi connectivity index (χ0) is 28.7. The van der Waals surface area contributed by atoms with Crippen molar-refractivity contribution in [3.63, 3.8) is 0 Å². The fourth-order valence-corrected chi connectivity index (χ4v) is 4.90. The summed E-state index contributed by atoms with van der Waals surface area (Å²) in [6, 6.07) is 7.63. The summed E-state index contributed by atoms with van der Waals surface area (Å²) in [7, 11) is 1.99. The molecule has 0 radical (unpaired) electrons. The highest BCUT2D eigenvalue weighted by Crippen LogP contribution is 2.13. The molecule has 0 spiro atoms. The SMILES string of the molecule is CCCCCCCCCCCCCCCCOCC(COC(=O)c1cccc(Cn2cc[n+](C)c2)c1)OCCC. The van der Waals surface area contributed by atoms with E-state index in [1.54, 1.807) is 6.07 Å². The molecule has 0 aliphatic carbocycles. The van der Waals surface area contributed by atoms with E-state index in [1.807, 2.05) is 48.5 Å². The van der Waals surface area contributed by atoms with E-state index in [0.717, 1.165) is 25.0 Å². The molecule has 0 fully saturated rings. The van der Waals surface area contributed by atoms with E-state index in [1.165, 1.54) is 83.5 Å². The van der Waals surface area contributed by atoms with Gasteiger partial charge in [0.15, 0.2) is 0 Å². The van der Waals surface area contributed by atoms with Gasteiger partial charge in [0.2, 0.25) is 6.33 Å². The van der Waals surface area contributed by atoms with Crippen LogP contribution < -0.4 is 4.57 Å². The summed E-state index contributed by atoms with van der Waals surface area (Å²) in [4.78, 5) is 12.7. The summed E-state index contributed by atoms with van der Waals surface area (Å²) in [5, 5.41) is 0. The minimum absolute atomic E-state index is 0.204. The van der Waals surface area contributed by atoms with Crippen molar-refractivity contribution in [1.82, 2.24) is 4.57 Å². The van der Waals surface area contributed by atoms with Crippen molar-refractivity contribution in [3.8, 4) is 0 Å². The van der Waals surface area contributed by atoms with Crippen molar-refractivity contribution >= 4 is 5.97 Å². The molecular weight excluding hydrogens is 500 g/mol. The number of unbranched alkanes of at least 4 members (excludes halogenated alkanes) is 13. The van der Waals surface area contributed by atoms with Gasteiger partial charge < -0.3 is 14.2 Å². The number of imidazole rings is 1. The van der Waals surface area contributed by atoms with E-state index < -0.39 is 0 Å². The Kier molecular flexibility index (Phi) is 19.1. The molecule has 1 aromatic carbocycles. The predicted molar refractivity (Wildman–Crippen MR) is 163 cm³/mol. The second kappa shape index (κ2) is 22.5. The Morgan fingerprint density at radius 3 is 2.08 bits per heavy atom. The molecule has 0 N–H and O–H groups in total. The first-order valence-electron chi connectivity index (χ1n) is 16.1. The summed E-state index contributed by atoms with van der Waals surface area (Å²) in [6.45, 7) is 7.09. The lowest BCUT2D eigenvalue weighted by atomic mass is 10.0. The van der Waals surface area contributed by atoms with Gasteiger partial charge in [0.1, 0.15) is 31.6 Å². The van der Waals surface area contributed by atoms with Crippen LogP contribution in [0.3, 0.4) is 0 Å². The van der Waals surface area contributed by atoms with Gasteiger partial charge in [-0.3, -0.25) is 0 Å². The summed E-state index contributed by atoms with van der Waals surface area (Å²) in [5.41, 5.74) is 1.62. The molecule has 6 nitrogen and oxygen atoms in total. The fraction of sp³-hybridized carbons (Fsp3) is 0.706. The monoisotopic (exact) mass is 557 g/mol. The molecule has 0 aliphatic heterocycles. The Labute approximate surface area is 244 Å². The highest BCUT2D eigenvalue weighted by molar-refractivity contribution is 5.89. The number of hydrogen-bond acceptors (Lipinski definition) is 4. The predicted octanol–water partition coefficient (Wildman–Crippen LogP) is 7.81. The number of esters is 1. The van der Waals surface area contributed by atoms with Gasteiger partial charge >= 0.3 is 5.97 Å². The number of nitrogens with zero attached hydrogens (tertiary/aromatic N) is 2. The van der Waals surface area contributed by atoms with Crippen molar-refractivity contribution in [2.45, 2.75) is 123 Å². The molecule has 226 valence electrons. The van der Waals surface area contributed by atoms with Gasteiger partial charge in [-0.1, -0.05) is 109 Å². The molecule has 0 saturated heterocycles. The largest absolute Gasteiger partial charge is 0.459 e. The van der Waals surface area contributed by atoms with Crippen LogP contribution in [0.15, 0.2) is 43.0 Å². The van der Waals surface area contributed by atoms with Crippen molar-refractivity contribution in [3.05, 3.63) is 54.1 Å². The fourth-order valence-electron chi connectivity index (χ4n) is 4.90. The molecular formula is C34H57N2O4+. The van der Waals surface area contributed by atoms with E-state index in [2.05, 4.69) is 18.4 Å². The smallest absolute Gasteiger partial charge is 0.338 e. The maximum Gasteiger partial charge on any atom is 0.338 e. The Bertz CT molecular complexity index is 898. The normalized spacial score (nSPS) is 12.1. The molecule has 0 saturated carbocycles. The molecule has 1 unspecified atom stereocenters. The van der Waals surface area contributed by atoms with Crippen LogP contribution in [0.1, 0.15) is 126 Å². The third kappa shape index (κ3) is 16.2. The third-order valence-corrected chi connectivity index (χ3v) is 7.26. The van der Waals surface area contributed by atoms with Gasteiger partial charge in [0.05, 0.1) is 19.2 Å². The molecule has 0 amide bonds. The summed E-state index contributed by atoms with van der Waals surface area (Å²) < 4.78 is 21.5. The minimum Gasteiger partial charge on any atom is -0.459 e. The van der Waals surface area contributed by atoms with Crippen LogP contribution in [0.2, 0.25) is 0 Å². The lowest BCUT2D eigenvalue weighted by molar-refractivity contribution is -0.671. The number of carbonyl (C=O) groups excluding carboxylic acids is 1. The van der Waals surface area contributed by atoms with Crippen LogP contribution in [0.25, 0.3) is 0 Å². The Morgan fingerprint density at radius 1 is 0.825 bits per heavy atom. The van der Waals surface area contributed by atoms with Gasteiger partial charge in [0, 0.05) is 13.2 Å². The van der Waals surface area contributed by atoms with Gasteiger partial charge in [-0.2, -0.15) is 0 Å². The van der Waals surface area contributed by atoms with E-state index in [0.29, 0.717) is 25.3 Å². The van der Waals surface area contributed by atoms with E-state index in [4.69, 9.17) is 14.2 Å². The van der Waals surface area contributed by atoms with Crippen LogP contribution in [0, 0.1) is 0 Å². The van der Waals surface area contributed by atoms with Crippen molar-refractivity contribution in [2.75, 3.05) is 26.4 Å². The second-order valence-electron chi connectivity index (χ2n) is 11.2. The van der Waals surface area contributed by atoms with Gasteiger partial charge in [-0.05, 0) is 30.5 Å². The van der Waals surface area contributed by atoms with Crippen LogP contribution in [-0.4, -0.2) is 43.1 Å². The summed E-state index contributed by atoms with van der Waals surface area (Å²) >= 11 is 0. The van der Waals surface area contributed by atoms with Crippen LogP contribution in [0.4, 0.5) is 0 Å². The number of aryl methyl sites for hydroxylation is 1. The first kappa shape index (κ1) is 34.0. The van der Waals surface area contributed by atoms with E-state index in [-0.39, 0.29) is 18.7 Å². The molecule has 6 heteroatoms. The third-order valence-electron chi connectivity index (χ3n) is 7.26. The first-order chi connectivity index (χ1) is 19.6. The maximum atomic E-state index is 12.7. The highest BCUT2D eigenvalue weighted by Gasteiger charge is 2.15. The number of aromatic nitrogens is 2. The molecule has 1 atom stereocenters. The van der Waals surface area contributed by atoms with Gasteiger partial charge in [0.25, 0.3) is 0 Å². The Hall–Kier alpha value is -2.18. The topological polar surface area (TPSA) is 53.6 Å². The molecule has 0 bridgehead atoms. The van der Waals surface area contributed by atoms with Gasteiger partial charge in [-0.25, -0.2) is 13.9 Å². The standard InChI is InChI=1S/C34H57N2O4/c1-4-6-7-8-9-10-11-12-13-14-15-16-17-18-25-38-28-33(39-24-5-2)29-40-34(37)32-21-19-20-31(26-32)27-36-23-22-35(3)30-36/h19-23,26,30,33H,4-18,24-25,27-29H2,1-3H3/q+1. The average molecular weight is 558 g/mol. The van der Waals surface area contributed by atoms with Crippen LogP contribution >= 0.6 is 0 Å². The summed E-state index contributed by atoms with van der Waals surface area (Å²) in [5.74, 6) is -0.322. The number of ether oxygens (including phenoxy) is 3. The number of benzene rings is 1. The second-order valence-corrected chi connectivity index (χ2v) is 11.2. The van der Waals surface area contributed by atoms with Crippen molar-refractivity contribution in [2.24, 2.45) is 7.05 Å². The Balaban J connectivity index is 1.54. The van der Waals surface area contributed by atoms with Crippen LogP contribution in [-0.2, 0) is 27.8 Å². The molecule has 40 heavy (non-hydrogen) atoms. The number of carbonyl (C=O) groups is 1. The highest BCUT2D eigenvalue weighted by atomic mass is 16.6. The molecule has 2 rings (SSSR count). The minimum atomic E-state index is -0.322. The quantitative estimate of drug-likeness (QED) is 0.0710. The molecule has 2 aromatic rings. The van der Waals surface area contributed by atoms with Crippen LogP contribution in [0.5, 0.6) is 0 Å². The summed E-state index contributed by atoms with van der Waals surface area (Å²) in [6.07, 6.45) is 25.6. The number of hydrogen-bond donors (Lipinski definition) is 0. The molecule has 1 aromatic heterocycles. The van der Waals surface area contributed by atoms with E-state index in [9.17, 15) is 4.79 Å². The van der Waals surface area contributed by atoms with Gasteiger partial charge in [-0.15, -0.1) is 0 Å². The maximum absolute atomic E-state index is 12.7.